The maximum Gasteiger partial charge on any atom is 0.319 e. The van der Waals surface area contributed by atoms with Crippen molar-refractivity contribution in [3.05, 3.63) is 11.5 Å². The Morgan fingerprint density at radius 1 is 1.27 bits per heavy atom. The summed E-state index contributed by atoms with van der Waals surface area (Å²) in [6.07, 6.45) is -2.34. The van der Waals surface area contributed by atoms with Crippen molar-refractivity contribution in [3.63, 3.8) is 0 Å². The Bertz CT molecular complexity index is 508. The topological polar surface area (TPSA) is 44.3 Å². The van der Waals surface area contributed by atoms with Crippen LogP contribution in [0.25, 0.3) is 0 Å². The van der Waals surface area contributed by atoms with E-state index in [-0.39, 0.29) is 18.2 Å². The third kappa shape index (κ3) is 3.70. The van der Waals surface area contributed by atoms with Crippen LogP contribution in [0.5, 0.6) is 0 Å². The average Bonchev–Trinajstić information content (AvgIpc) is 2.47. The molecule has 0 atom stereocenters. The number of halogens is 5. The zero-order chi connectivity index (χ0) is 16.3. The van der Waals surface area contributed by atoms with Crippen LogP contribution >= 0.6 is 11.6 Å². The first-order valence-corrected chi connectivity index (χ1v) is 7.04. The fourth-order valence-electron chi connectivity index (χ4n) is 2.30. The standard InChI is InChI=1S/C12H16ClF4N5/c1-18-8-9(13)19-7-20-10(8)22-4-2-21(3-5-22)6-12(16,17)11(14)15/h7,11,18H,2-6H2,1H3. The molecule has 1 aliphatic heterocycles. The van der Waals surface area contributed by atoms with Crippen molar-refractivity contribution in [2.45, 2.75) is 12.3 Å². The van der Waals surface area contributed by atoms with Crippen molar-refractivity contribution < 1.29 is 17.6 Å². The third-order valence-electron chi connectivity index (χ3n) is 3.46. The van der Waals surface area contributed by atoms with Gasteiger partial charge in [-0.1, -0.05) is 11.6 Å². The zero-order valence-corrected chi connectivity index (χ0v) is 12.6. The van der Waals surface area contributed by atoms with Gasteiger partial charge in [0.15, 0.2) is 11.0 Å². The summed E-state index contributed by atoms with van der Waals surface area (Å²) in [5, 5.41) is 3.16. The lowest BCUT2D eigenvalue weighted by Gasteiger charge is -2.37. The Balaban J connectivity index is 2.00. The number of nitrogens with one attached hydrogen (secondary N) is 1. The number of rotatable bonds is 5. The first-order chi connectivity index (χ1) is 10.3. The summed E-state index contributed by atoms with van der Waals surface area (Å²) in [5.41, 5.74) is 0.551. The number of hydrogen-bond acceptors (Lipinski definition) is 5. The van der Waals surface area contributed by atoms with E-state index in [1.807, 2.05) is 4.90 Å². The number of hydrogen-bond donors (Lipinski definition) is 1. The molecule has 1 fully saturated rings. The summed E-state index contributed by atoms with van der Waals surface area (Å²) in [7, 11) is 1.67. The molecule has 0 radical (unpaired) electrons. The van der Waals surface area contributed by atoms with E-state index in [1.165, 1.54) is 11.2 Å². The highest BCUT2D eigenvalue weighted by Crippen LogP contribution is 2.30. The lowest BCUT2D eigenvalue weighted by Crippen LogP contribution is -2.51. The minimum Gasteiger partial charge on any atom is -0.383 e. The highest BCUT2D eigenvalue weighted by atomic mass is 35.5. The molecule has 0 bridgehead atoms. The van der Waals surface area contributed by atoms with Crippen molar-refractivity contribution in [1.29, 1.82) is 0 Å². The predicted octanol–water partition coefficient (Wildman–Crippen LogP) is 2.19. The van der Waals surface area contributed by atoms with Gasteiger partial charge in [0.05, 0.1) is 6.54 Å². The van der Waals surface area contributed by atoms with Gasteiger partial charge in [0.25, 0.3) is 0 Å². The predicted molar refractivity (Wildman–Crippen MR) is 76.2 cm³/mol. The van der Waals surface area contributed by atoms with E-state index >= 15 is 0 Å². The molecule has 0 spiro atoms. The van der Waals surface area contributed by atoms with Crippen LogP contribution in [-0.2, 0) is 0 Å². The fraction of sp³-hybridized carbons (Fsp3) is 0.667. The molecule has 0 aromatic carbocycles. The Hall–Kier alpha value is -1.35. The monoisotopic (exact) mass is 341 g/mol. The molecular weight excluding hydrogens is 326 g/mol. The molecular formula is C12H16ClF4N5. The Kier molecular flexibility index (Phi) is 5.28. The van der Waals surface area contributed by atoms with Crippen LogP contribution < -0.4 is 10.2 Å². The summed E-state index contributed by atoms with van der Waals surface area (Å²) in [6, 6.07) is 0. The minimum absolute atomic E-state index is 0.243. The van der Waals surface area contributed by atoms with Gasteiger partial charge in [-0.25, -0.2) is 18.7 Å². The molecule has 1 N–H and O–H groups in total. The highest BCUT2D eigenvalue weighted by Gasteiger charge is 2.42. The molecule has 2 rings (SSSR count). The molecule has 10 heteroatoms. The van der Waals surface area contributed by atoms with Crippen LogP contribution in [0.15, 0.2) is 6.33 Å². The normalized spacial score (nSPS) is 17.1. The van der Waals surface area contributed by atoms with E-state index in [0.29, 0.717) is 24.6 Å². The summed E-state index contributed by atoms with van der Waals surface area (Å²) in [6.45, 7) is 0.324. The minimum atomic E-state index is -3.99. The lowest BCUT2D eigenvalue weighted by atomic mass is 10.2. The molecule has 1 aromatic heterocycles. The van der Waals surface area contributed by atoms with Crippen LogP contribution in [-0.4, -0.2) is 67.0 Å². The van der Waals surface area contributed by atoms with Gasteiger partial charge in [-0.3, -0.25) is 4.90 Å². The quantitative estimate of drug-likeness (QED) is 0.657. The van der Waals surface area contributed by atoms with Crippen molar-refractivity contribution in [3.8, 4) is 0 Å². The van der Waals surface area contributed by atoms with E-state index in [9.17, 15) is 17.6 Å². The molecule has 22 heavy (non-hydrogen) atoms. The molecule has 0 unspecified atom stereocenters. The first kappa shape index (κ1) is 17.0. The summed E-state index contributed by atoms with van der Waals surface area (Å²) in [5.74, 6) is -3.42. The zero-order valence-electron chi connectivity index (χ0n) is 11.9. The molecule has 1 saturated heterocycles. The molecule has 0 aliphatic carbocycles. The summed E-state index contributed by atoms with van der Waals surface area (Å²) < 4.78 is 50.6. The van der Waals surface area contributed by atoms with Gasteiger partial charge < -0.3 is 10.2 Å². The number of piperazine rings is 1. The molecule has 0 amide bonds. The maximum atomic E-state index is 13.1. The van der Waals surface area contributed by atoms with Gasteiger partial charge in [-0.05, 0) is 0 Å². The van der Waals surface area contributed by atoms with Gasteiger partial charge >= 0.3 is 12.3 Å². The average molecular weight is 342 g/mol. The SMILES string of the molecule is CNc1c(Cl)ncnc1N1CCN(CC(F)(F)C(F)F)CC1. The van der Waals surface area contributed by atoms with Crippen molar-refractivity contribution in [2.75, 3.05) is 50.0 Å². The van der Waals surface area contributed by atoms with Crippen LogP contribution in [0.2, 0.25) is 5.15 Å². The highest BCUT2D eigenvalue weighted by molar-refractivity contribution is 6.32. The number of nitrogens with zero attached hydrogens (tertiary/aromatic N) is 4. The Morgan fingerprint density at radius 2 is 1.91 bits per heavy atom. The molecule has 124 valence electrons. The van der Waals surface area contributed by atoms with Gasteiger partial charge in [0.2, 0.25) is 0 Å². The van der Waals surface area contributed by atoms with Gasteiger partial charge in [0, 0.05) is 33.2 Å². The fourth-order valence-corrected chi connectivity index (χ4v) is 2.52. The smallest absolute Gasteiger partial charge is 0.319 e. The first-order valence-electron chi connectivity index (χ1n) is 6.66. The van der Waals surface area contributed by atoms with Crippen molar-refractivity contribution >= 4 is 23.1 Å². The lowest BCUT2D eigenvalue weighted by molar-refractivity contribution is -0.142. The number of anilines is 2. The number of alkyl halides is 4. The Morgan fingerprint density at radius 3 is 2.45 bits per heavy atom. The van der Waals surface area contributed by atoms with Crippen LogP contribution in [0.3, 0.4) is 0 Å². The Labute approximate surface area is 130 Å². The maximum absolute atomic E-state index is 13.1. The second-order valence-corrected chi connectivity index (χ2v) is 5.30. The van der Waals surface area contributed by atoms with E-state index in [0.717, 1.165) is 0 Å². The van der Waals surface area contributed by atoms with Gasteiger partial charge in [0.1, 0.15) is 12.0 Å². The van der Waals surface area contributed by atoms with Crippen molar-refractivity contribution in [1.82, 2.24) is 14.9 Å². The van der Waals surface area contributed by atoms with E-state index in [4.69, 9.17) is 11.6 Å². The molecule has 0 saturated carbocycles. The summed E-state index contributed by atoms with van der Waals surface area (Å²) >= 11 is 5.97. The van der Waals surface area contributed by atoms with Crippen LogP contribution in [0.1, 0.15) is 0 Å². The van der Waals surface area contributed by atoms with Gasteiger partial charge in [-0.2, -0.15) is 8.78 Å². The molecule has 1 aliphatic rings. The number of aromatic nitrogens is 2. The van der Waals surface area contributed by atoms with Crippen LogP contribution in [0.4, 0.5) is 29.1 Å². The van der Waals surface area contributed by atoms with Crippen molar-refractivity contribution in [2.24, 2.45) is 0 Å². The van der Waals surface area contributed by atoms with Gasteiger partial charge in [-0.15, -0.1) is 0 Å². The van der Waals surface area contributed by atoms with E-state index in [1.54, 1.807) is 7.05 Å². The second-order valence-electron chi connectivity index (χ2n) is 4.94. The third-order valence-corrected chi connectivity index (χ3v) is 3.74. The second kappa shape index (κ2) is 6.82. The largest absolute Gasteiger partial charge is 0.383 e. The molecule has 5 nitrogen and oxygen atoms in total. The summed E-state index contributed by atoms with van der Waals surface area (Å²) in [4.78, 5) is 11.2. The molecule has 2 heterocycles. The molecule has 1 aromatic rings. The van der Waals surface area contributed by atoms with E-state index < -0.39 is 18.9 Å². The van der Waals surface area contributed by atoms with Crippen LogP contribution in [0, 0.1) is 0 Å². The van der Waals surface area contributed by atoms with E-state index in [2.05, 4.69) is 15.3 Å².